The molecule has 0 saturated carbocycles. The van der Waals surface area contributed by atoms with E-state index in [0.29, 0.717) is 5.75 Å². The first-order chi connectivity index (χ1) is 15.3. The maximum absolute atomic E-state index is 13.3. The van der Waals surface area contributed by atoms with E-state index >= 15 is 0 Å². The predicted octanol–water partition coefficient (Wildman–Crippen LogP) is 4.31. The van der Waals surface area contributed by atoms with Crippen LogP contribution < -0.4 is 10.1 Å². The standard InChI is InChI=1S/C23H17F3N2O4/c24-23(25,26)16-6-8-20(32-17-7-5-14-3-1-2-4-15(14)11-17)18(12-16)27-19-13-21(30)28(9-10-29)22(19)31/h1-8,11-13,27,29H,9-10H2. The summed E-state index contributed by atoms with van der Waals surface area (Å²) in [5, 5.41) is 13.5. The Hall–Kier alpha value is -3.85. The van der Waals surface area contributed by atoms with Gasteiger partial charge in [0.05, 0.1) is 24.4 Å². The number of aliphatic hydroxyl groups is 1. The number of hydrogen-bond acceptors (Lipinski definition) is 5. The third kappa shape index (κ3) is 4.28. The van der Waals surface area contributed by atoms with Crippen LogP contribution >= 0.6 is 0 Å². The summed E-state index contributed by atoms with van der Waals surface area (Å²) < 4.78 is 45.7. The zero-order valence-corrected chi connectivity index (χ0v) is 16.5. The van der Waals surface area contributed by atoms with Crippen LogP contribution in [0.1, 0.15) is 5.56 Å². The molecular formula is C23H17F3N2O4. The lowest BCUT2D eigenvalue weighted by Gasteiger charge is -2.17. The van der Waals surface area contributed by atoms with Gasteiger partial charge < -0.3 is 15.2 Å². The molecule has 0 aromatic heterocycles. The Balaban J connectivity index is 1.68. The van der Waals surface area contributed by atoms with Crippen molar-refractivity contribution in [3.63, 3.8) is 0 Å². The molecule has 0 radical (unpaired) electrons. The highest BCUT2D eigenvalue weighted by molar-refractivity contribution is 6.17. The van der Waals surface area contributed by atoms with Crippen LogP contribution in [0.2, 0.25) is 0 Å². The molecule has 2 N–H and O–H groups in total. The van der Waals surface area contributed by atoms with Gasteiger partial charge in [0.25, 0.3) is 11.8 Å². The van der Waals surface area contributed by atoms with E-state index in [1.807, 2.05) is 30.3 Å². The van der Waals surface area contributed by atoms with Gasteiger partial charge in [-0.1, -0.05) is 30.3 Å². The molecule has 0 saturated heterocycles. The molecule has 1 heterocycles. The number of fused-ring (bicyclic) bond motifs is 1. The summed E-state index contributed by atoms with van der Waals surface area (Å²) in [6.07, 6.45) is -3.65. The molecule has 1 aliphatic heterocycles. The Morgan fingerprint density at radius 1 is 0.969 bits per heavy atom. The smallest absolute Gasteiger partial charge is 0.416 e. The number of rotatable bonds is 6. The first kappa shape index (κ1) is 21.4. The van der Waals surface area contributed by atoms with E-state index in [9.17, 15) is 22.8 Å². The number of carbonyl (C=O) groups is 2. The van der Waals surface area contributed by atoms with Crippen molar-refractivity contribution < 1.29 is 32.6 Å². The van der Waals surface area contributed by atoms with Crippen LogP contribution in [0.3, 0.4) is 0 Å². The van der Waals surface area contributed by atoms with Gasteiger partial charge in [0.2, 0.25) is 0 Å². The summed E-state index contributed by atoms with van der Waals surface area (Å²) in [4.78, 5) is 25.2. The third-order valence-electron chi connectivity index (χ3n) is 4.86. The van der Waals surface area contributed by atoms with Crippen molar-refractivity contribution in [3.8, 4) is 11.5 Å². The van der Waals surface area contributed by atoms with Crippen molar-refractivity contribution in [2.75, 3.05) is 18.5 Å². The molecule has 2 amide bonds. The highest BCUT2D eigenvalue weighted by atomic mass is 19.4. The minimum Gasteiger partial charge on any atom is -0.455 e. The van der Waals surface area contributed by atoms with Crippen molar-refractivity contribution in [3.05, 3.63) is 78.0 Å². The lowest BCUT2D eigenvalue weighted by molar-refractivity contribution is -0.138. The Morgan fingerprint density at radius 2 is 1.72 bits per heavy atom. The Bertz CT molecular complexity index is 1240. The van der Waals surface area contributed by atoms with Crippen molar-refractivity contribution in [1.29, 1.82) is 0 Å². The zero-order valence-electron chi connectivity index (χ0n) is 16.5. The molecule has 6 nitrogen and oxygen atoms in total. The molecule has 164 valence electrons. The normalized spacial score (nSPS) is 14.1. The molecule has 0 fully saturated rings. The van der Waals surface area contributed by atoms with Crippen LogP contribution in [0, 0.1) is 0 Å². The monoisotopic (exact) mass is 442 g/mol. The molecular weight excluding hydrogens is 425 g/mol. The fourth-order valence-corrected chi connectivity index (χ4v) is 3.31. The van der Waals surface area contributed by atoms with Crippen molar-refractivity contribution in [2.45, 2.75) is 6.18 Å². The maximum atomic E-state index is 13.3. The zero-order chi connectivity index (χ0) is 22.9. The number of ether oxygens (including phenoxy) is 1. The van der Waals surface area contributed by atoms with Gasteiger partial charge in [-0.3, -0.25) is 14.5 Å². The van der Waals surface area contributed by atoms with Gasteiger partial charge in [-0.15, -0.1) is 0 Å². The molecule has 0 unspecified atom stereocenters. The van der Waals surface area contributed by atoms with Gasteiger partial charge in [-0.05, 0) is 41.1 Å². The van der Waals surface area contributed by atoms with Crippen molar-refractivity contribution >= 4 is 28.3 Å². The van der Waals surface area contributed by atoms with Crippen LogP contribution in [0.15, 0.2) is 72.4 Å². The number of β-amino-alcohol motifs (C(OH)–C–C–N with tert-alkyl or cyclic N) is 1. The van der Waals surface area contributed by atoms with Gasteiger partial charge in [0, 0.05) is 6.08 Å². The van der Waals surface area contributed by atoms with Gasteiger partial charge >= 0.3 is 6.18 Å². The summed E-state index contributed by atoms with van der Waals surface area (Å²) in [5.74, 6) is -1.00. The van der Waals surface area contributed by atoms with Gasteiger partial charge in [-0.2, -0.15) is 13.2 Å². The average Bonchev–Trinajstić information content (AvgIpc) is 3.02. The van der Waals surface area contributed by atoms with Crippen LogP contribution in [0.25, 0.3) is 10.8 Å². The Labute approximate surface area is 180 Å². The fraction of sp³-hybridized carbons (Fsp3) is 0.130. The van der Waals surface area contributed by atoms with E-state index < -0.39 is 30.2 Å². The van der Waals surface area contributed by atoms with Gasteiger partial charge in [0.15, 0.2) is 5.75 Å². The quantitative estimate of drug-likeness (QED) is 0.557. The third-order valence-corrected chi connectivity index (χ3v) is 4.86. The molecule has 0 aliphatic carbocycles. The first-order valence-electron chi connectivity index (χ1n) is 9.59. The Kier molecular flexibility index (Phi) is 5.58. The molecule has 1 aliphatic rings. The number of imide groups is 1. The van der Waals surface area contributed by atoms with Crippen LogP contribution in [-0.2, 0) is 15.8 Å². The summed E-state index contributed by atoms with van der Waals surface area (Å²) in [7, 11) is 0. The molecule has 3 aromatic carbocycles. The predicted molar refractivity (Wildman–Crippen MR) is 111 cm³/mol. The van der Waals surface area contributed by atoms with Gasteiger partial charge in [0.1, 0.15) is 11.4 Å². The molecule has 3 aromatic rings. The molecule has 0 bridgehead atoms. The number of nitrogens with zero attached hydrogens (tertiary/aromatic N) is 1. The SMILES string of the molecule is O=C1C=C(Nc2cc(C(F)(F)F)ccc2Oc2ccc3ccccc3c2)C(=O)N1CCO. The second-order valence-electron chi connectivity index (χ2n) is 7.02. The number of benzene rings is 3. The van der Waals surface area contributed by atoms with E-state index in [-0.39, 0.29) is 23.7 Å². The number of carbonyl (C=O) groups excluding carboxylic acids is 2. The number of nitrogens with one attached hydrogen (secondary N) is 1. The number of alkyl halides is 3. The molecule has 4 rings (SSSR count). The largest absolute Gasteiger partial charge is 0.455 e. The Morgan fingerprint density at radius 3 is 2.44 bits per heavy atom. The van der Waals surface area contributed by atoms with Crippen LogP contribution in [0.5, 0.6) is 11.5 Å². The molecule has 0 atom stereocenters. The number of anilines is 1. The van der Waals surface area contributed by atoms with E-state index in [4.69, 9.17) is 9.84 Å². The molecule has 9 heteroatoms. The summed E-state index contributed by atoms with van der Waals surface area (Å²) in [6.45, 7) is -0.652. The maximum Gasteiger partial charge on any atom is 0.416 e. The summed E-state index contributed by atoms with van der Waals surface area (Å²) in [6, 6.07) is 15.6. The van der Waals surface area contributed by atoms with Crippen molar-refractivity contribution in [2.24, 2.45) is 0 Å². The fourth-order valence-electron chi connectivity index (χ4n) is 3.31. The summed E-state index contributed by atoms with van der Waals surface area (Å²) >= 11 is 0. The molecule has 0 spiro atoms. The van der Waals surface area contributed by atoms with E-state index in [1.165, 1.54) is 0 Å². The van der Waals surface area contributed by atoms with Gasteiger partial charge in [-0.25, -0.2) is 0 Å². The topological polar surface area (TPSA) is 78.9 Å². The van der Waals surface area contributed by atoms with Crippen LogP contribution in [0.4, 0.5) is 18.9 Å². The number of amides is 2. The highest BCUT2D eigenvalue weighted by Gasteiger charge is 2.34. The second-order valence-corrected chi connectivity index (χ2v) is 7.02. The number of hydrogen-bond donors (Lipinski definition) is 2. The number of aliphatic hydroxyl groups excluding tert-OH is 1. The van der Waals surface area contributed by atoms with E-state index in [2.05, 4.69) is 5.32 Å². The van der Waals surface area contributed by atoms with Crippen molar-refractivity contribution in [1.82, 2.24) is 4.90 Å². The molecule has 32 heavy (non-hydrogen) atoms. The second kappa shape index (κ2) is 8.35. The summed E-state index contributed by atoms with van der Waals surface area (Å²) in [5.41, 5.74) is -1.30. The van der Waals surface area contributed by atoms with E-state index in [0.717, 1.165) is 39.9 Å². The van der Waals surface area contributed by atoms with E-state index in [1.54, 1.807) is 12.1 Å². The van der Waals surface area contributed by atoms with Crippen LogP contribution in [-0.4, -0.2) is 35.0 Å². The average molecular weight is 442 g/mol. The lowest BCUT2D eigenvalue weighted by Crippen LogP contribution is -2.34. The minimum atomic E-state index is -4.62. The lowest BCUT2D eigenvalue weighted by atomic mass is 10.1. The number of halogens is 3. The highest BCUT2D eigenvalue weighted by Crippen LogP contribution is 2.38. The minimum absolute atomic E-state index is 0.0371. The first-order valence-corrected chi connectivity index (χ1v) is 9.59.